The number of hydrogen-bond donors (Lipinski definition) is 0. The molecule has 0 bridgehead atoms. The third kappa shape index (κ3) is 4.34. The lowest BCUT2D eigenvalue weighted by Crippen LogP contribution is -2.20. The number of ether oxygens (including phenoxy) is 3. The molecule has 3 aromatic carbocycles. The van der Waals surface area contributed by atoms with E-state index in [9.17, 15) is 13.2 Å². The molecule has 7 nitrogen and oxygen atoms in total. The van der Waals surface area contributed by atoms with Crippen molar-refractivity contribution < 1.29 is 22.6 Å². The minimum Gasteiger partial charge on any atom is -0.497 e. The van der Waals surface area contributed by atoms with Gasteiger partial charge in [0.1, 0.15) is 10.6 Å². The summed E-state index contributed by atoms with van der Waals surface area (Å²) in [7, 11) is 0.300. The Labute approximate surface area is 202 Å². The number of methoxy groups -OCH3 is 3. The molecule has 34 heavy (non-hydrogen) atoms. The lowest BCUT2D eigenvalue weighted by atomic mass is 10.1. The number of benzene rings is 3. The first-order chi connectivity index (χ1) is 16.3. The fourth-order valence-electron chi connectivity index (χ4n) is 3.73. The summed E-state index contributed by atoms with van der Waals surface area (Å²) >= 11 is 6.15. The second-order valence-electron chi connectivity index (χ2n) is 7.48. The zero-order chi connectivity index (χ0) is 24.5. The molecule has 0 saturated heterocycles. The Hall–Kier alpha value is -3.49. The van der Waals surface area contributed by atoms with Gasteiger partial charge in [-0.1, -0.05) is 23.7 Å². The van der Waals surface area contributed by atoms with E-state index < -0.39 is 15.3 Å². The quantitative estimate of drug-likeness (QED) is 0.370. The minimum absolute atomic E-state index is 0.0143. The van der Waals surface area contributed by atoms with Crippen LogP contribution < -0.4 is 19.6 Å². The molecule has 0 unspecified atom stereocenters. The molecule has 0 amide bonds. The number of nitrogens with zero attached hydrogens (tertiary/aromatic N) is 1. The molecule has 0 atom stereocenters. The molecular weight excluding hydrogens is 478 g/mol. The van der Waals surface area contributed by atoms with Crippen molar-refractivity contribution in [3.05, 3.63) is 87.7 Å². The predicted molar refractivity (Wildman–Crippen MR) is 130 cm³/mol. The van der Waals surface area contributed by atoms with E-state index in [1.165, 1.54) is 57.9 Å². The highest BCUT2D eigenvalue weighted by atomic mass is 35.5. The summed E-state index contributed by atoms with van der Waals surface area (Å²) < 4.78 is 44.6. The van der Waals surface area contributed by atoms with Gasteiger partial charge in [-0.25, -0.2) is 8.42 Å². The van der Waals surface area contributed by atoms with Gasteiger partial charge in [-0.3, -0.25) is 4.79 Å². The summed E-state index contributed by atoms with van der Waals surface area (Å²) in [5.74, 6) is 1.24. The van der Waals surface area contributed by atoms with Gasteiger partial charge in [-0.05, 0) is 48.0 Å². The molecule has 9 heteroatoms. The Morgan fingerprint density at radius 2 is 1.56 bits per heavy atom. The Bertz CT molecular complexity index is 1530. The van der Waals surface area contributed by atoms with E-state index in [4.69, 9.17) is 25.8 Å². The second kappa shape index (κ2) is 9.40. The molecule has 0 radical (unpaired) electrons. The molecular formula is C25H22ClNO6S. The maximum atomic E-state index is 13.5. The molecule has 0 aliphatic heterocycles. The van der Waals surface area contributed by atoms with Gasteiger partial charge in [0.25, 0.3) is 0 Å². The lowest BCUT2D eigenvalue weighted by Gasteiger charge is -2.17. The average molecular weight is 500 g/mol. The number of halogens is 1. The van der Waals surface area contributed by atoms with Gasteiger partial charge in [-0.2, -0.15) is 0 Å². The number of hydrogen-bond acceptors (Lipinski definition) is 6. The van der Waals surface area contributed by atoms with Crippen molar-refractivity contribution in [3.63, 3.8) is 0 Å². The Kier molecular flexibility index (Phi) is 6.54. The fourth-order valence-corrected chi connectivity index (χ4v) is 5.31. The Morgan fingerprint density at radius 3 is 2.18 bits per heavy atom. The van der Waals surface area contributed by atoms with Gasteiger partial charge in [0.2, 0.25) is 15.3 Å². The predicted octanol–water partition coefficient (Wildman–Crippen LogP) is 4.56. The molecule has 1 aromatic heterocycles. The summed E-state index contributed by atoms with van der Waals surface area (Å²) in [6, 6.07) is 16.3. The van der Waals surface area contributed by atoms with Gasteiger partial charge in [0.15, 0.2) is 11.5 Å². The van der Waals surface area contributed by atoms with Gasteiger partial charge in [0, 0.05) is 23.8 Å². The van der Waals surface area contributed by atoms with Crippen molar-refractivity contribution in [2.75, 3.05) is 21.3 Å². The highest BCUT2D eigenvalue weighted by molar-refractivity contribution is 7.91. The van der Waals surface area contributed by atoms with Crippen LogP contribution >= 0.6 is 11.6 Å². The molecule has 0 aliphatic carbocycles. The van der Waals surface area contributed by atoms with Crippen LogP contribution in [0.2, 0.25) is 5.02 Å². The molecule has 1 heterocycles. The SMILES string of the molecule is COc1ccc(S(=O)(=O)c2cn(Cc3cccc(Cl)c3)c3cc(OC)c(OC)cc3c2=O)cc1. The van der Waals surface area contributed by atoms with Crippen molar-refractivity contribution >= 4 is 32.3 Å². The zero-order valence-corrected chi connectivity index (χ0v) is 20.3. The minimum atomic E-state index is -4.13. The van der Waals surface area contributed by atoms with Crippen LogP contribution in [0.15, 0.2) is 81.4 Å². The first-order valence-electron chi connectivity index (χ1n) is 10.2. The van der Waals surface area contributed by atoms with Crippen LogP contribution in [0, 0.1) is 0 Å². The Morgan fingerprint density at radius 1 is 0.882 bits per heavy atom. The number of sulfone groups is 1. The molecule has 0 saturated carbocycles. The molecule has 0 fully saturated rings. The number of aromatic nitrogens is 1. The maximum Gasteiger partial charge on any atom is 0.211 e. The van der Waals surface area contributed by atoms with E-state index in [1.54, 1.807) is 28.8 Å². The van der Waals surface area contributed by atoms with E-state index >= 15 is 0 Å². The van der Waals surface area contributed by atoms with Gasteiger partial charge >= 0.3 is 0 Å². The van der Waals surface area contributed by atoms with E-state index in [-0.39, 0.29) is 21.7 Å². The summed E-state index contributed by atoms with van der Waals surface area (Å²) in [6.45, 7) is 0.276. The summed E-state index contributed by atoms with van der Waals surface area (Å²) in [6.07, 6.45) is 1.36. The van der Waals surface area contributed by atoms with Crippen LogP contribution in [0.1, 0.15) is 5.56 Å². The van der Waals surface area contributed by atoms with Crippen molar-refractivity contribution in [2.24, 2.45) is 0 Å². The van der Waals surface area contributed by atoms with Crippen LogP contribution in [0.4, 0.5) is 0 Å². The third-order valence-corrected chi connectivity index (χ3v) is 7.45. The van der Waals surface area contributed by atoms with Crippen LogP contribution in [0.5, 0.6) is 17.2 Å². The van der Waals surface area contributed by atoms with Crippen LogP contribution in [-0.4, -0.2) is 34.3 Å². The fraction of sp³-hybridized carbons (Fsp3) is 0.160. The standard InChI is InChI=1S/C25H22ClNO6S/c1-31-18-7-9-19(10-8-18)34(29,30)24-15-27(14-16-5-4-6-17(26)11-16)21-13-23(33-3)22(32-2)12-20(21)25(24)28/h4-13,15H,14H2,1-3H3. The van der Waals surface area contributed by atoms with Crippen LogP contribution in [0.3, 0.4) is 0 Å². The lowest BCUT2D eigenvalue weighted by molar-refractivity contribution is 0.355. The summed E-state index contributed by atoms with van der Waals surface area (Å²) in [5, 5.41) is 0.738. The van der Waals surface area contributed by atoms with Crippen molar-refractivity contribution in [2.45, 2.75) is 16.3 Å². The van der Waals surface area contributed by atoms with Crippen molar-refractivity contribution in [3.8, 4) is 17.2 Å². The third-order valence-electron chi connectivity index (χ3n) is 5.45. The summed E-state index contributed by atoms with van der Waals surface area (Å²) in [5.41, 5.74) is 0.699. The average Bonchev–Trinajstić information content (AvgIpc) is 2.84. The van der Waals surface area contributed by atoms with Crippen molar-refractivity contribution in [1.82, 2.24) is 4.57 Å². The highest BCUT2D eigenvalue weighted by Gasteiger charge is 2.25. The molecule has 0 aliphatic rings. The summed E-state index contributed by atoms with van der Waals surface area (Å²) in [4.78, 5) is 13.1. The topological polar surface area (TPSA) is 83.8 Å². The molecule has 176 valence electrons. The van der Waals surface area contributed by atoms with E-state index in [0.717, 1.165) is 5.56 Å². The van der Waals surface area contributed by atoms with Crippen LogP contribution in [-0.2, 0) is 16.4 Å². The highest BCUT2D eigenvalue weighted by Crippen LogP contribution is 2.32. The van der Waals surface area contributed by atoms with Gasteiger partial charge in [-0.15, -0.1) is 0 Å². The second-order valence-corrected chi connectivity index (χ2v) is 9.84. The van der Waals surface area contributed by atoms with E-state index in [0.29, 0.717) is 27.8 Å². The normalized spacial score (nSPS) is 11.4. The molecule has 4 rings (SSSR count). The zero-order valence-electron chi connectivity index (χ0n) is 18.7. The first-order valence-corrected chi connectivity index (χ1v) is 12.1. The molecule has 0 spiro atoms. The largest absolute Gasteiger partial charge is 0.497 e. The molecule has 4 aromatic rings. The van der Waals surface area contributed by atoms with Crippen LogP contribution in [0.25, 0.3) is 10.9 Å². The van der Waals surface area contributed by atoms with Gasteiger partial charge < -0.3 is 18.8 Å². The first kappa shape index (κ1) is 23.7. The van der Waals surface area contributed by atoms with E-state index in [1.807, 2.05) is 6.07 Å². The maximum absolute atomic E-state index is 13.5. The number of rotatable bonds is 7. The van der Waals surface area contributed by atoms with Gasteiger partial charge in [0.05, 0.1) is 37.1 Å². The van der Waals surface area contributed by atoms with Crippen molar-refractivity contribution in [1.29, 1.82) is 0 Å². The smallest absolute Gasteiger partial charge is 0.211 e. The number of fused-ring (bicyclic) bond motifs is 1. The van der Waals surface area contributed by atoms with E-state index in [2.05, 4.69) is 0 Å². The Balaban J connectivity index is 2.00. The molecule has 0 N–H and O–H groups in total. The monoisotopic (exact) mass is 499 g/mol. The number of pyridine rings is 1.